The number of aromatic nitrogens is 1. The topological polar surface area (TPSA) is 65.7 Å². The first-order chi connectivity index (χ1) is 10.1. The van der Waals surface area contributed by atoms with Crippen molar-refractivity contribution in [3.63, 3.8) is 0 Å². The maximum absolute atomic E-state index is 11.3. The summed E-state index contributed by atoms with van der Waals surface area (Å²) < 4.78 is 1.83. The van der Waals surface area contributed by atoms with Gasteiger partial charge in [0.1, 0.15) is 0 Å². The van der Waals surface area contributed by atoms with E-state index >= 15 is 0 Å². The summed E-state index contributed by atoms with van der Waals surface area (Å²) in [5.41, 5.74) is 1.12. The van der Waals surface area contributed by atoms with Gasteiger partial charge in [0.25, 0.3) is 0 Å². The van der Waals surface area contributed by atoms with E-state index in [1.807, 2.05) is 22.8 Å². The normalized spacial score (nSPS) is 13.0. The molecule has 0 aliphatic carbocycles. The average Bonchev–Trinajstić information content (AvgIpc) is 2.84. The summed E-state index contributed by atoms with van der Waals surface area (Å²) in [5.74, 6) is -0.941. The van der Waals surface area contributed by atoms with Crippen LogP contribution >= 0.6 is 0 Å². The summed E-state index contributed by atoms with van der Waals surface area (Å²) in [6.45, 7) is 6.88. The standard InChI is InChI=1S/C16H22N2O3/c1-3-17(4-2)9-12(19)10-18-11-14(16(20)21)13-7-5-6-8-15(13)18/h5-8,11-12,19H,3-4,9-10H2,1-2H3,(H,20,21). The van der Waals surface area contributed by atoms with Crippen LogP contribution in [0.2, 0.25) is 0 Å². The van der Waals surface area contributed by atoms with Crippen molar-refractivity contribution in [2.45, 2.75) is 26.5 Å². The van der Waals surface area contributed by atoms with E-state index in [1.54, 1.807) is 12.3 Å². The molecule has 0 aliphatic rings. The number of para-hydroxylation sites is 1. The highest BCUT2D eigenvalue weighted by atomic mass is 16.4. The molecule has 1 unspecified atom stereocenters. The number of likely N-dealkylation sites (N-methyl/N-ethyl adjacent to an activating group) is 1. The van der Waals surface area contributed by atoms with Gasteiger partial charge in [-0.15, -0.1) is 0 Å². The fourth-order valence-corrected chi connectivity index (χ4v) is 2.63. The minimum Gasteiger partial charge on any atom is -0.478 e. The van der Waals surface area contributed by atoms with Crippen molar-refractivity contribution in [2.75, 3.05) is 19.6 Å². The highest BCUT2D eigenvalue weighted by molar-refractivity contribution is 6.03. The van der Waals surface area contributed by atoms with Crippen molar-refractivity contribution in [1.29, 1.82) is 0 Å². The van der Waals surface area contributed by atoms with Gasteiger partial charge in [-0.25, -0.2) is 4.79 Å². The Kier molecular flexibility index (Phi) is 4.98. The van der Waals surface area contributed by atoms with Crippen LogP contribution in [-0.4, -0.2) is 51.4 Å². The fraction of sp³-hybridized carbons (Fsp3) is 0.438. The van der Waals surface area contributed by atoms with Crippen molar-refractivity contribution < 1.29 is 15.0 Å². The molecule has 0 bridgehead atoms. The summed E-state index contributed by atoms with van der Waals surface area (Å²) in [6.07, 6.45) is 1.08. The average molecular weight is 290 g/mol. The summed E-state index contributed by atoms with van der Waals surface area (Å²) in [4.78, 5) is 13.4. The number of nitrogens with zero attached hydrogens (tertiary/aromatic N) is 2. The third kappa shape index (κ3) is 3.43. The lowest BCUT2D eigenvalue weighted by molar-refractivity contribution is 0.0697. The van der Waals surface area contributed by atoms with Gasteiger partial charge in [0.05, 0.1) is 11.7 Å². The zero-order valence-corrected chi connectivity index (χ0v) is 12.5. The van der Waals surface area contributed by atoms with Crippen LogP contribution in [0.5, 0.6) is 0 Å². The number of aliphatic hydroxyl groups is 1. The van der Waals surface area contributed by atoms with Crippen LogP contribution in [0.15, 0.2) is 30.5 Å². The lowest BCUT2D eigenvalue weighted by Gasteiger charge is -2.22. The first-order valence-corrected chi connectivity index (χ1v) is 7.28. The Bertz CT molecular complexity index is 617. The van der Waals surface area contributed by atoms with E-state index in [0.717, 1.165) is 18.6 Å². The van der Waals surface area contributed by atoms with Gasteiger partial charge in [-0.2, -0.15) is 0 Å². The van der Waals surface area contributed by atoms with Gasteiger partial charge in [0, 0.05) is 30.2 Å². The first kappa shape index (κ1) is 15.5. The molecule has 5 heteroatoms. The maximum Gasteiger partial charge on any atom is 0.337 e. The molecule has 2 N–H and O–H groups in total. The lowest BCUT2D eigenvalue weighted by Crippen LogP contribution is -2.34. The Balaban J connectivity index is 2.24. The molecule has 1 atom stereocenters. The molecule has 0 saturated heterocycles. The molecule has 0 spiro atoms. The largest absolute Gasteiger partial charge is 0.478 e. The van der Waals surface area contributed by atoms with Gasteiger partial charge >= 0.3 is 5.97 Å². The van der Waals surface area contributed by atoms with Crippen molar-refractivity contribution in [1.82, 2.24) is 9.47 Å². The summed E-state index contributed by atoms with van der Waals surface area (Å²) >= 11 is 0. The molecule has 0 fully saturated rings. The number of aromatic carboxylic acids is 1. The van der Waals surface area contributed by atoms with Gasteiger partial charge < -0.3 is 19.7 Å². The van der Waals surface area contributed by atoms with Gasteiger partial charge in [0.2, 0.25) is 0 Å². The van der Waals surface area contributed by atoms with Gasteiger partial charge in [-0.3, -0.25) is 0 Å². The van der Waals surface area contributed by atoms with E-state index in [4.69, 9.17) is 0 Å². The molecule has 0 aliphatic heterocycles. The second kappa shape index (κ2) is 6.74. The first-order valence-electron chi connectivity index (χ1n) is 7.28. The SMILES string of the molecule is CCN(CC)CC(O)Cn1cc(C(=O)O)c2ccccc21. The van der Waals surface area contributed by atoms with Gasteiger partial charge in [-0.1, -0.05) is 32.0 Å². The molecular formula is C16H22N2O3. The second-order valence-corrected chi connectivity index (χ2v) is 5.16. The number of benzene rings is 1. The van der Waals surface area contributed by atoms with Crippen LogP contribution in [0.3, 0.4) is 0 Å². The van der Waals surface area contributed by atoms with Crippen LogP contribution in [0.4, 0.5) is 0 Å². The number of carboxylic acids is 1. The van der Waals surface area contributed by atoms with E-state index in [0.29, 0.717) is 18.5 Å². The smallest absolute Gasteiger partial charge is 0.337 e. The van der Waals surface area contributed by atoms with Crippen molar-refractivity contribution in [2.24, 2.45) is 0 Å². The van der Waals surface area contributed by atoms with Crippen molar-refractivity contribution >= 4 is 16.9 Å². The number of hydrogen-bond acceptors (Lipinski definition) is 3. The monoisotopic (exact) mass is 290 g/mol. The van der Waals surface area contributed by atoms with Gasteiger partial charge in [-0.05, 0) is 19.2 Å². The molecule has 21 heavy (non-hydrogen) atoms. The molecule has 1 heterocycles. The van der Waals surface area contributed by atoms with Crippen molar-refractivity contribution in [3.8, 4) is 0 Å². The Morgan fingerprint density at radius 2 is 1.95 bits per heavy atom. The highest BCUT2D eigenvalue weighted by Gasteiger charge is 2.16. The highest BCUT2D eigenvalue weighted by Crippen LogP contribution is 2.21. The van der Waals surface area contributed by atoms with Crippen LogP contribution in [0, 0.1) is 0 Å². The molecule has 5 nitrogen and oxygen atoms in total. The van der Waals surface area contributed by atoms with Gasteiger partial charge in [0.15, 0.2) is 0 Å². The van der Waals surface area contributed by atoms with E-state index in [2.05, 4.69) is 18.7 Å². The Labute approximate surface area is 124 Å². The zero-order chi connectivity index (χ0) is 15.4. The fourth-order valence-electron chi connectivity index (χ4n) is 2.63. The maximum atomic E-state index is 11.3. The lowest BCUT2D eigenvalue weighted by atomic mass is 10.2. The Morgan fingerprint density at radius 3 is 2.57 bits per heavy atom. The van der Waals surface area contributed by atoms with E-state index in [1.165, 1.54) is 0 Å². The van der Waals surface area contributed by atoms with E-state index in [9.17, 15) is 15.0 Å². The molecule has 0 amide bonds. The summed E-state index contributed by atoms with van der Waals surface area (Å²) in [5, 5.41) is 20.2. The van der Waals surface area contributed by atoms with E-state index in [-0.39, 0.29) is 5.56 Å². The number of hydrogen-bond donors (Lipinski definition) is 2. The molecule has 0 saturated carbocycles. The van der Waals surface area contributed by atoms with E-state index < -0.39 is 12.1 Å². The number of rotatable bonds is 7. The number of aliphatic hydroxyl groups excluding tert-OH is 1. The molecular weight excluding hydrogens is 268 g/mol. The van der Waals surface area contributed by atoms with Crippen LogP contribution in [0.1, 0.15) is 24.2 Å². The molecule has 1 aromatic carbocycles. The van der Waals surface area contributed by atoms with Crippen LogP contribution in [-0.2, 0) is 6.54 Å². The minimum absolute atomic E-state index is 0.278. The number of carboxylic acid groups (broad SMARTS) is 1. The van der Waals surface area contributed by atoms with Crippen LogP contribution < -0.4 is 0 Å². The summed E-state index contributed by atoms with van der Waals surface area (Å²) in [6, 6.07) is 7.38. The minimum atomic E-state index is -0.941. The zero-order valence-electron chi connectivity index (χ0n) is 12.5. The molecule has 114 valence electrons. The quantitative estimate of drug-likeness (QED) is 0.819. The Hall–Kier alpha value is -1.85. The predicted octanol–water partition coefficient (Wildman–Crippen LogP) is 2.04. The Morgan fingerprint density at radius 1 is 1.29 bits per heavy atom. The molecule has 1 aromatic heterocycles. The molecule has 2 rings (SSSR count). The molecule has 0 radical (unpaired) electrons. The molecule has 2 aromatic rings. The summed E-state index contributed by atoms with van der Waals surface area (Å²) in [7, 11) is 0. The third-order valence-electron chi connectivity index (χ3n) is 3.79. The van der Waals surface area contributed by atoms with Crippen molar-refractivity contribution in [3.05, 3.63) is 36.0 Å². The van der Waals surface area contributed by atoms with Crippen LogP contribution in [0.25, 0.3) is 10.9 Å². The second-order valence-electron chi connectivity index (χ2n) is 5.16. The number of fused-ring (bicyclic) bond motifs is 1. The third-order valence-corrected chi connectivity index (χ3v) is 3.79. The predicted molar refractivity (Wildman–Crippen MR) is 82.7 cm³/mol. The number of carbonyl (C=O) groups is 1.